The Morgan fingerprint density at radius 1 is 1.00 bits per heavy atom. The second-order valence-corrected chi connectivity index (χ2v) is 8.18. The highest BCUT2D eigenvalue weighted by Gasteiger charge is 2.36. The van der Waals surface area contributed by atoms with E-state index in [4.69, 9.17) is 0 Å². The molecule has 0 aliphatic carbocycles. The summed E-state index contributed by atoms with van der Waals surface area (Å²) in [5.74, 6) is -3.08. The molecule has 2 aromatic heterocycles. The number of carbonyl (C=O) groups is 2. The first kappa shape index (κ1) is 25.7. The fourth-order valence-electron chi connectivity index (χ4n) is 3.65. The average molecular weight is 517 g/mol. The quantitative estimate of drug-likeness (QED) is 0.336. The van der Waals surface area contributed by atoms with Gasteiger partial charge in [-0.2, -0.15) is 23.4 Å². The van der Waals surface area contributed by atoms with Crippen molar-refractivity contribution in [2.45, 2.75) is 25.9 Å². The molecule has 4 aromatic rings. The highest BCUT2D eigenvalue weighted by molar-refractivity contribution is 6.05. The molecule has 7 nitrogen and oxygen atoms in total. The van der Waals surface area contributed by atoms with Crippen molar-refractivity contribution in [3.63, 3.8) is 0 Å². The van der Waals surface area contributed by atoms with Gasteiger partial charge in [0.05, 0.1) is 34.6 Å². The van der Waals surface area contributed by atoms with Gasteiger partial charge in [-0.1, -0.05) is 6.92 Å². The van der Waals surface area contributed by atoms with Crippen molar-refractivity contribution in [1.82, 2.24) is 19.6 Å². The third-order valence-electron chi connectivity index (χ3n) is 5.49. The van der Waals surface area contributed by atoms with Crippen LogP contribution in [-0.4, -0.2) is 31.3 Å². The van der Waals surface area contributed by atoms with Crippen molar-refractivity contribution >= 4 is 17.5 Å². The Balaban J connectivity index is 1.76. The van der Waals surface area contributed by atoms with Crippen LogP contribution in [0.3, 0.4) is 0 Å². The molecule has 1 amide bonds. The number of anilines is 1. The summed E-state index contributed by atoms with van der Waals surface area (Å²) in [5, 5.41) is 10.7. The van der Waals surface area contributed by atoms with Gasteiger partial charge in [-0.25, -0.2) is 13.5 Å². The number of hydrogen-bond acceptors (Lipinski definition) is 4. The molecule has 0 atom stereocenters. The molecule has 0 bridgehead atoms. The molecule has 0 aliphatic rings. The van der Waals surface area contributed by atoms with E-state index in [1.807, 2.05) is 0 Å². The summed E-state index contributed by atoms with van der Waals surface area (Å²) < 4.78 is 71.7. The molecule has 0 unspecified atom stereocenters. The maximum absolute atomic E-state index is 14.8. The van der Waals surface area contributed by atoms with Gasteiger partial charge in [0.2, 0.25) is 0 Å². The second kappa shape index (κ2) is 9.96. The predicted octanol–water partition coefficient (Wildman–Crippen LogP) is 5.34. The Morgan fingerprint density at radius 3 is 2.30 bits per heavy atom. The number of nitrogens with one attached hydrogen (secondary N) is 1. The van der Waals surface area contributed by atoms with Gasteiger partial charge in [-0.05, 0) is 42.5 Å². The summed E-state index contributed by atoms with van der Waals surface area (Å²) in [7, 11) is 1.51. The number of rotatable bonds is 7. The molecule has 0 spiro atoms. The highest BCUT2D eigenvalue weighted by Crippen LogP contribution is 2.38. The van der Waals surface area contributed by atoms with Gasteiger partial charge in [0, 0.05) is 31.3 Å². The second-order valence-electron chi connectivity index (χ2n) is 8.18. The minimum Gasteiger partial charge on any atom is -0.306 e. The largest absolute Gasteiger partial charge is 0.417 e. The van der Waals surface area contributed by atoms with Crippen molar-refractivity contribution in [3.05, 3.63) is 83.2 Å². The lowest BCUT2D eigenvalue weighted by Gasteiger charge is -2.15. The van der Waals surface area contributed by atoms with E-state index in [1.165, 1.54) is 46.9 Å². The molecule has 2 heterocycles. The SMILES string of the molecule is CCC(=O)Cc1cc(NC(=O)c2cc(-c3ccn(C)n3)c(C(F)(F)F)cc2F)n(-c2ccc(F)cc2)n1. The molecule has 12 heteroatoms. The number of ketones is 1. The van der Waals surface area contributed by atoms with Crippen LogP contribution in [0.15, 0.2) is 54.7 Å². The van der Waals surface area contributed by atoms with E-state index < -0.39 is 40.4 Å². The molecule has 0 fully saturated rings. The maximum atomic E-state index is 14.8. The van der Waals surface area contributed by atoms with E-state index >= 15 is 0 Å². The Hall–Kier alpha value is -4.35. The van der Waals surface area contributed by atoms with E-state index in [0.717, 1.165) is 18.2 Å². The number of halogens is 5. The third kappa shape index (κ3) is 5.57. The fourth-order valence-corrected chi connectivity index (χ4v) is 3.65. The molecule has 1 N–H and O–H groups in total. The normalized spacial score (nSPS) is 11.5. The third-order valence-corrected chi connectivity index (χ3v) is 5.49. The average Bonchev–Trinajstić information content (AvgIpc) is 3.44. The number of alkyl halides is 3. The van der Waals surface area contributed by atoms with Crippen LogP contribution in [0.1, 0.15) is 35.0 Å². The first-order valence-electron chi connectivity index (χ1n) is 11.0. The number of nitrogens with zero attached hydrogens (tertiary/aromatic N) is 4. The Morgan fingerprint density at radius 2 is 1.70 bits per heavy atom. The standard InChI is InChI=1S/C25H20F5N5O2/c1-3-17(36)10-15-11-23(35(32-15)16-6-4-14(26)5-7-16)31-24(37)19-12-18(22-8-9-34(2)33-22)20(13-21(19)27)25(28,29)30/h4-9,11-13H,3,10H2,1-2H3,(H,31,37). The maximum Gasteiger partial charge on any atom is 0.417 e. The van der Waals surface area contributed by atoms with Crippen molar-refractivity contribution < 1.29 is 31.5 Å². The number of Topliss-reactive ketones (excluding diaryl/α,β-unsaturated/α-hetero) is 1. The van der Waals surface area contributed by atoms with E-state index in [9.17, 15) is 31.5 Å². The molecular weight excluding hydrogens is 497 g/mol. The van der Waals surface area contributed by atoms with Crippen LogP contribution in [0.5, 0.6) is 0 Å². The highest BCUT2D eigenvalue weighted by atomic mass is 19.4. The predicted molar refractivity (Wildman–Crippen MR) is 124 cm³/mol. The zero-order valence-electron chi connectivity index (χ0n) is 19.6. The summed E-state index contributed by atoms with van der Waals surface area (Å²) in [4.78, 5) is 25.0. The van der Waals surface area contributed by atoms with Crippen LogP contribution in [0.2, 0.25) is 0 Å². The number of carbonyl (C=O) groups excluding carboxylic acids is 2. The van der Waals surface area contributed by atoms with Crippen LogP contribution in [0, 0.1) is 11.6 Å². The van der Waals surface area contributed by atoms with Crippen molar-refractivity contribution in [1.29, 1.82) is 0 Å². The van der Waals surface area contributed by atoms with Crippen molar-refractivity contribution in [3.8, 4) is 16.9 Å². The summed E-state index contributed by atoms with van der Waals surface area (Å²) in [6, 6.07) is 8.81. The summed E-state index contributed by atoms with van der Waals surface area (Å²) in [6.07, 6.45) is -3.28. The van der Waals surface area contributed by atoms with Crippen molar-refractivity contribution in [2.75, 3.05) is 5.32 Å². The van der Waals surface area contributed by atoms with E-state index in [-0.39, 0.29) is 41.9 Å². The molecule has 0 radical (unpaired) electrons. The minimum atomic E-state index is -4.90. The first-order valence-corrected chi connectivity index (χ1v) is 11.0. The summed E-state index contributed by atoms with van der Waals surface area (Å²) >= 11 is 0. The Bertz CT molecular complexity index is 1470. The van der Waals surface area contributed by atoms with Crippen LogP contribution in [0.25, 0.3) is 16.9 Å². The lowest BCUT2D eigenvalue weighted by atomic mass is 9.99. The van der Waals surface area contributed by atoms with Gasteiger partial charge in [-0.3, -0.25) is 14.3 Å². The van der Waals surface area contributed by atoms with Gasteiger partial charge < -0.3 is 5.32 Å². The molecule has 0 saturated carbocycles. The van der Waals surface area contributed by atoms with Gasteiger partial charge in [-0.15, -0.1) is 0 Å². The Labute approximate surface area is 207 Å². The molecule has 0 aliphatic heterocycles. The number of aromatic nitrogens is 4. The van der Waals surface area contributed by atoms with Crippen LogP contribution in [-0.2, 0) is 24.4 Å². The van der Waals surface area contributed by atoms with Crippen LogP contribution >= 0.6 is 0 Å². The number of aryl methyl sites for hydroxylation is 1. The Kier molecular flexibility index (Phi) is 6.92. The zero-order chi connectivity index (χ0) is 26.9. The van der Waals surface area contributed by atoms with Gasteiger partial charge in [0.15, 0.2) is 0 Å². The minimum absolute atomic E-state index is 0.00851. The monoisotopic (exact) mass is 517 g/mol. The summed E-state index contributed by atoms with van der Waals surface area (Å²) in [5.41, 5.74) is -1.90. The lowest BCUT2D eigenvalue weighted by Crippen LogP contribution is -2.18. The molecule has 2 aromatic carbocycles. The molecular formula is C25H20F5N5O2. The molecule has 0 saturated heterocycles. The van der Waals surface area contributed by atoms with E-state index in [1.54, 1.807) is 6.92 Å². The van der Waals surface area contributed by atoms with E-state index in [2.05, 4.69) is 15.5 Å². The van der Waals surface area contributed by atoms with Crippen LogP contribution in [0.4, 0.5) is 27.8 Å². The number of amides is 1. The molecule has 192 valence electrons. The first-order chi connectivity index (χ1) is 17.5. The van der Waals surface area contributed by atoms with E-state index in [0.29, 0.717) is 5.69 Å². The van der Waals surface area contributed by atoms with Gasteiger partial charge >= 0.3 is 6.18 Å². The lowest BCUT2D eigenvalue weighted by molar-refractivity contribution is -0.137. The molecule has 4 rings (SSSR count). The topological polar surface area (TPSA) is 81.8 Å². The van der Waals surface area contributed by atoms with Gasteiger partial charge in [0.1, 0.15) is 23.2 Å². The van der Waals surface area contributed by atoms with Crippen molar-refractivity contribution in [2.24, 2.45) is 7.05 Å². The fraction of sp³-hybridized carbons (Fsp3) is 0.200. The number of hydrogen-bond donors (Lipinski definition) is 1. The molecule has 37 heavy (non-hydrogen) atoms. The van der Waals surface area contributed by atoms with Gasteiger partial charge in [0.25, 0.3) is 5.91 Å². The van der Waals surface area contributed by atoms with Crippen LogP contribution < -0.4 is 5.32 Å². The summed E-state index contributed by atoms with van der Waals surface area (Å²) in [6.45, 7) is 1.68. The zero-order valence-corrected chi connectivity index (χ0v) is 19.6. The smallest absolute Gasteiger partial charge is 0.306 e. The number of benzene rings is 2.